The molecule has 0 radical (unpaired) electrons. The standard InChI is InChI=1S/C14H16N6O11S3/c15-13-17-5(3-32-13)9(19-31-2-8(23)24)11(25)18-10-6(20(12(10)26)34(28,29)30)4-33-14(27)16-1-7(21)22/h3,6,10H,1-2,4H2,(H2,15,17)(H,16,27)(H,18,25)(H,21,22)(H,23,24)(H,28,29,30)/b19-9-/t6-,10+/m1/s1. The third-order valence-electron chi connectivity index (χ3n) is 3.80. The molecule has 1 saturated heterocycles. The number of nitrogens with zero attached hydrogens (tertiary/aromatic N) is 3. The highest BCUT2D eigenvalue weighted by molar-refractivity contribution is 8.13. The van der Waals surface area contributed by atoms with Gasteiger partial charge >= 0.3 is 22.2 Å². The second-order valence-electron chi connectivity index (χ2n) is 6.15. The Labute approximate surface area is 198 Å². The van der Waals surface area contributed by atoms with Crippen molar-refractivity contribution in [3.8, 4) is 0 Å². The van der Waals surface area contributed by atoms with Crippen molar-refractivity contribution >= 4 is 73.2 Å². The molecular weight excluding hydrogens is 524 g/mol. The van der Waals surface area contributed by atoms with E-state index < -0.39 is 76.0 Å². The zero-order valence-corrected chi connectivity index (χ0v) is 19.1. The van der Waals surface area contributed by atoms with Gasteiger partial charge in [0.15, 0.2) is 10.8 Å². The average molecular weight is 541 g/mol. The predicted molar refractivity (Wildman–Crippen MR) is 114 cm³/mol. The maximum Gasteiger partial charge on any atom is 0.362 e. The number of nitrogen functional groups attached to an aromatic ring is 1. The first-order chi connectivity index (χ1) is 15.8. The van der Waals surface area contributed by atoms with Gasteiger partial charge in [0.1, 0.15) is 18.3 Å². The molecule has 17 nitrogen and oxygen atoms in total. The number of hydrogen-bond donors (Lipinski definition) is 6. The van der Waals surface area contributed by atoms with Gasteiger partial charge in [-0.1, -0.05) is 16.9 Å². The van der Waals surface area contributed by atoms with Crippen molar-refractivity contribution < 1.29 is 52.0 Å². The molecule has 1 aromatic rings. The van der Waals surface area contributed by atoms with Gasteiger partial charge in [-0.15, -0.1) is 11.3 Å². The number of aliphatic carboxylic acids is 2. The van der Waals surface area contributed by atoms with Gasteiger partial charge in [0, 0.05) is 11.1 Å². The third kappa shape index (κ3) is 7.00. The molecule has 34 heavy (non-hydrogen) atoms. The molecule has 0 unspecified atom stereocenters. The molecule has 1 aromatic heterocycles. The van der Waals surface area contributed by atoms with Crippen LogP contribution < -0.4 is 16.4 Å². The van der Waals surface area contributed by atoms with Gasteiger partial charge in [0.2, 0.25) is 6.61 Å². The monoisotopic (exact) mass is 540 g/mol. The number of carbonyl (C=O) groups excluding carboxylic acids is 3. The van der Waals surface area contributed by atoms with E-state index in [9.17, 15) is 36.9 Å². The maximum atomic E-state index is 12.7. The summed E-state index contributed by atoms with van der Waals surface area (Å²) in [4.78, 5) is 66.2. The Bertz CT molecular complexity index is 1130. The fourth-order valence-electron chi connectivity index (χ4n) is 2.45. The number of carbonyl (C=O) groups is 5. The summed E-state index contributed by atoms with van der Waals surface area (Å²) >= 11 is 1.31. The molecule has 0 spiro atoms. The number of anilines is 1. The van der Waals surface area contributed by atoms with Gasteiger partial charge < -0.3 is 31.4 Å². The summed E-state index contributed by atoms with van der Waals surface area (Å²) in [7, 11) is -5.05. The zero-order valence-electron chi connectivity index (χ0n) is 16.6. The van der Waals surface area contributed by atoms with Gasteiger partial charge in [0.25, 0.3) is 17.1 Å². The summed E-state index contributed by atoms with van der Waals surface area (Å²) in [6, 6.07) is -3.00. The van der Waals surface area contributed by atoms with E-state index in [0.29, 0.717) is 11.8 Å². The third-order valence-corrected chi connectivity index (χ3v) is 6.33. The number of carboxylic acids is 2. The van der Waals surface area contributed by atoms with Crippen molar-refractivity contribution in [1.29, 1.82) is 0 Å². The summed E-state index contributed by atoms with van der Waals surface area (Å²) in [5.41, 5.74) is 4.78. The number of nitrogens with one attached hydrogen (secondary N) is 2. The SMILES string of the molecule is Nc1nc(/C(=N/OCC(=O)O)C(=O)N[C@@H]2C(=O)N(S(=O)(=O)O)[C@@H]2CSC(=O)NCC(=O)O)cs1. The first-order valence-corrected chi connectivity index (χ1v) is 11.9. The van der Waals surface area contributed by atoms with Crippen LogP contribution in [0.1, 0.15) is 5.69 Å². The Morgan fingerprint density at radius 1 is 1.29 bits per heavy atom. The Hall–Kier alpha value is -3.49. The molecule has 0 saturated carbocycles. The van der Waals surface area contributed by atoms with E-state index in [1.54, 1.807) is 0 Å². The second-order valence-corrected chi connectivity index (χ2v) is 9.33. The number of oxime groups is 1. The van der Waals surface area contributed by atoms with Gasteiger partial charge in [-0.3, -0.25) is 23.7 Å². The van der Waals surface area contributed by atoms with Crippen molar-refractivity contribution in [2.24, 2.45) is 5.16 Å². The first kappa shape index (κ1) is 26.8. The van der Waals surface area contributed by atoms with E-state index in [2.05, 4.69) is 20.3 Å². The lowest BCUT2D eigenvalue weighted by molar-refractivity contribution is -0.143. The van der Waals surface area contributed by atoms with Crippen LogP contribution in [0, 0.1) is 0 Å². The molecule has 0 bridgehead atoms. The Morgan fingerprint density at radius 3 is 2.50 bits per heavy atom. The Balaban J connectivity index is 2.19. The maximum absolute atomic E-state index is 12.7. The number of nitrogens with two attached hydrogens (primary N) is 1. The van der Waals surface area contributed by atoms with E-state index in [1.807, 2.05) is 5.32 Å². The lowest BCUT2D eigenvalue weighted by Crippen LogP contribution is -2.73. The number of β-lactam (4-membered cyclic amide) rings is 1. The van der Waals surface area contributed by atoms with E-state index in [-0.39, 0.29) is 15.1 Å². The van der Waals surface area contributed by atoms with Crippen molar-refractivity contribution in [3.05, 3.63) is 11.1 Å². The lowest BCUT2D eigenvalue weighted by atomic mass is 10.0. The van der Waals surface area contributed by atoms with Gasteiger partial charge in [-0.2, -0.15) is 8.42 Å². The van der Waals surface area contributed by atoms with E-state index in [4.69, 9.17) is 15.9 Å². The average Bonchev–Trinajstić information content (AvgIpc) is 3.14. The van der Waals surface area contributed by atoms with Gasteiger partial charge in [-0.25, -0.2) is 14.1 Å². The van der Waals surface area contributed by atoms with Gasteiger partial charge in [-0.05, 0) is 0 Å². The van der Waals surface area contributed by atoms with Crippen LogP contribution in [0.5, 0.6) is 0 Å². The molecule has 1 aliphatic rings. The Kier molecular flexibility index (Phi) is 8.73. The zero-order chi connectivity index (χ0) is 25.6. The molecule has 1 fully saturated rings. The van der Waals surface area contributed by atoms with Crippen LogP contribution in [0.4, 0.5) is 9.93 Å². The highest BCUT2D eigenvalue weighted by Crippen LogP contribution is 2.27. The number of aromatic nitrogens is 1. The van der Waals surface area contributed by atoms with Crippen LogP contribution in [0.15, 0.2) is 10.5 Å². The highest BCUT2D eigenvalue weighted by atomic mass is 32.2. The van der Waals surface area contributed by atoms with Crippen LogP contribution in [0.3, 0.4) is 0 Å². The molecular formula is C14H16N6O11S3. The van der Waals surface area contributed by atoms with Crippen LogP contribution in [0.2, 0.25) is 0 Å². The molecule has 7 N–H and O–H groups in total. The smallest absolute Gasteiger partial charge is 0.362 e. The van der Waals surface area contributed by atoms with Crippen LogP contribution in [-0.4, -0.2) is 98.2 Å². The molecule has 3 amide bonds. The largest absolute Gasteiger partial charge is 0.480 e. The normalized spacial score (nSPS) is 18.1. The molecule has 2 rings (SSSR count). The van der Waals surface area contributed by atoms with Crippen LogP contribution >= 0.6 is 23.1 Å². The number of hydrogen-bond acceptors (Lipinski definition) is 13. The van der Waals surface area contributed by atoms with E-state index in [0.717, 1.165) is 11.3 Å². The fraction of sp³-hybridized carbons (Fsp3) is 0.357. The molecule has 0 aliphatic carbocycles. The van der Waals surface area contributed by atoms with Gasteiger partial charge in [0.05, 0.1) is 6.04 Å². The molecule has 1 aliphatic heterocycles. The van der Waals surface area contributed by atoms with E-state index in [1.165, 1.54) is 5.38 Å². The van der Waals surface area contributed by atoms with E-state index >= 15 is 0 Å². The minimum atomic E-state index is -5.05. The highest BCUT2D eigenvalue weighted by Gasteiger charge is 2.54. The minimum Gasteiger partial charge on any atom is -0.480 e. The van der Waals surface area contributed by atoms with Crippen molar-refractivity contribution in [2.45, 2.75) is 12.1 Å². The van der Waals surface area contributed by atoms with Crippen LogP contribution in [0.25, 0.3) is 0 Å². The summed E-state index contributed by atoms with van der Waals surface area (Å²) in [5.74, 6) is -5.58. The molecule has 2 atom stereocenters. The number of carboxylic acid groups (broad SMARTS) is 2. The van der Waals surface area contributed by atoms with Crippen molar-refractivity contribution in [3.63, 3.8) is 0 Å². The number of thioether (sulfide) groups is 1. The van der Waals surface area contributed by atoms with Crippen molar-refractivity contribution in [2.75, 3.05) is 24.6 Å². The summed E-state index contributed by atoms with van der Waals surface area (Å²) < 4.78 is 32.4. The fourth-order valence-corrected chi connectivity index (χ4v) is 4.81. The number of thiazole rings is 1. The van der Waals surface area contributed by atoms with Crippen molar-refractivity contribution in [1.82, 2.24) is 19.9 Å². The number of rotatable bonds is 11. The molecule has 2 heterocycles. The van der Waals surface area contributed by atoms with Crippen LogP contribution in [-0.2, 0) is 34.3 Å². The topological polar surface area (TPSA) is 268 Å². The predicted octanol–water partition coefficient (Wildman–Crippen LogP) is -2.44. The summed E-state index contributed by atoms with van der Waals surface area (Å²) in [6.45, 7) is -1.63. The molecule has 186 valence electrons. The minimum absolute atomic E-state index is 0.0210. The first-order valence-electron chi connectivity index (χ1n) is 8.68. The lowest BCUT2D eigenvalue weighted by Gasteiger charge is -2.43. The quantitative estimate of drug-likeness (QED) is 0.0736. The second kappa shape index (κ2) is 11.1. The summed E-state index contributed by atoms with van der Waals surface area (Å²) in [5, 5.41) is 25.2. The molecule has 0 aromatic carbocycles. The number of amides is 3. The summed E-state index contributed by atoms with van der Waals surface area (Å²) in [6.07, 6.45) is 0. The Morgan fingerprint density at radius 2 is 1.97 bits per heavy atom. The molecule has 20 heteroatoms.